The highest BCUT2D eigenvalue weighted by Gasteiger charge is 2.25. The van der Waals surface area contributed by atoms with E-state index in [0.717, 1.165) is 56.0 Å². The number of carbonyl (C=O) groups is 1. The van der Waals surface area contributed by atoms with Crippen molar-refractivity contribution in [1.29, 1.82) is 0 Å². The first-order valence-corrected chi connectivity index (χ1v) is 11.5. The minimum absolute atomic E-state index is 0. The van der Waals surface area contributed by atoms with Gasteiger partial charge in [-0.2, -0.15) is 0 Å². The molecule has 178 valence electrons. The maximum absolute atomic E-state index is 12.5. The summed E-state index contributed by atoms with van der Waals surface area (Å²) >= 11 is 0. The van der Waals surface area contributed by atoms with Gasteiger partial charge in [-0.1, -0.05) is 18.2 Å². The SMILES string of the molecule is CN=C(NCc1ccccc1OCC1CC1)N1CCN(CC(=O)N2CCOCC2)CC1.I. The second-order valence-corrected chi connectivity index (χ2v) is 8.52. The Bertz CT molecular complexity index is 760. The number of amides is 1. The van der Waals surface area contributed by atoms with Crippen molar-refractivity contribution in [1.82, 2.24) is 20.0 Å². The Labute approximate surface area is 208 Å². The van der Waals surface area contributed by atoms with Gasteiger partial charge < -0.3 is 24.6 Å². The summed E-state index contributed by atoms with van der Waals surface area (Å²) in [6.07, 6.45) is 2.58. The van der Waals surface area contributed by atoms with Gasteiger partial charge >= 0.3 is 0 Å². The van der Waals surface area contributed by atoms with Crippen LogP contribution in [0.25, 0.3) is 0 Å². The molecule has 0 atom stereocenters. The van der Waals surface area contributed by atoms with Crippen LogP contribution in [0, 0.1) is 5.92 Å². The number of ether oxygens (including phenoxy) is 2. The van der Waals surface area contributed by atoms with Crippen molar-refractivity contribution < 1.29 is 14.3 Å². The van der Waals surface area contributed by atoms with Gasteiger partial charge in [0.2, 0.25) is 5.91 Å². The topological polar surface area (TPSA) is 69.6 Å². The quantitative estimate of drug-likeness (QED) is 0.313. The number of aliphatic imine (C=N–C) groups is 1. The molecule has 0 spiro atoms. The van der Waals surface area contributed by atoms with Crippen LogP contribution in [0.3, 0.4) is 0 Å². The summed E-state index contributed by atoms with van der Waals surface area (Å²) in [7, 11) is 1.83. The van der Waals surface area contributed by atoms with E-state index in [2.05, 4.69) is 26.2 Å². The first kappa shape index (κ1) is 25.0. The average Bonchev–Trinajstić information content (AvgIpc) is 3.65. The fraction of sp³-hybridized carbons (Fsp3) is 0.652. The van der Waals surface area contributed by atoms with Crippen LogP contribution in [0.5, 0.6) is 5.75 Å². The second kappa shape index (κ2) is 12.6. The number of nitrogens with zero attached hydrogens (tertiary/aromatic N) is 4. The highest BCUT2D eigenvalue weighted by atomic mass is 127. The van der Waals surface area contributed by atoms with Crippen LogP contribution in [-0.4, -0.2) is 99.2 Å². The second-order valence-electron chi connectivity index (χ2n) is 8.52. The monoisotopic (exact) mass is 557 g/mol. The van der Waals surface area contributed by atoms with E-state index < -0.39 is 0 Å². The molecule has 32 heavy (non-hydrogen) atoms. The van der Waals surface area contributed by atoms with Crippen LogP contribution in [0.4, 0.5) is 0 Å². The zero-order valence-corrected chi connectivity index (χ0v) is 21.3. The van der Waals surface area contributed by atoms with Gasteiger partial charge in [-0.3, -0.25) is 14.7 Å². The van der Waals surface area contributed by atoms with Crippen molar-refractivity contribution in [3.63, 3.8) is 0 Å². The fourth-order valence-corrected chi connectivity index (χ4v) is 4.01. The number of rotatable bonds is 7. The molecule has 8 nitrogen and oxygen atoms in total. The van der Waals surface area contributed by atoms with Gasteiger partial charge in [0.1, 0.15) is 5.75 Å². The molecule has 2 saturated heterocycles. The minimum Gasteiger partial charge on any atom is -0.493 e. The number of benzene rings is 1. The first-order valence-electron chi connectivity index (χ1n) is 11.5. The Kier molecular flexibility index (Phi) is 9.86. The molecule has 1 aromatic rings. The minimum atomic E-state index is 0. The summed E-state index contributed by atoms with van der Waals surface area (Å²) in [6.45, 7) is 8.14. The maximum atomic E-state index is 12.5. The van der Waals surface area contributed by atoms with Crippen LogP contribution in [0.2, 0.25) is 0 Å². The average molecular weight is 557 g/mol. The zero-order chi connectivity index (χ0) is 21.5. The number of piperazine rings is 1. The molecule has 1 aromatic carbocycles. The number of carbonyl (C=O) groups excluding carboxylic acids is 1. The molecule has 9 heteroatoms. The van der Waals surface area contributed by atoms with Gasteiger partial charge in [-0.25, -0.2) is 0 Å². The highest BCUT2D eigenvalue weighted by molar-refractivity contribution is 14.0. The molecule has 1 amide bonds. The molecule has 3 aliphatic rings. The Morgan fingerprint density at radius 2 is 1.81 bits per heavy atom. The molecule has 1 saturated carbocycles. The number of guanidine groups is 1. The third-order valence-corrected chi connectivity index (χ3v) is 6.19. The molecule has 2 aliphatic heterocycles. The molecule has 3 fully saturated rings. The summed E-state index contributed by atoms with van der Waals surface area (Å²) in [5, 5.41) is 3.49. The van der Waals surface area contributed by atoms with Gasteiger partial charge in [-0.15, -0.1) is 24.0 Å². The van der Waals surface area contributed by atoms with E-state index in [4.69, 9.17) is 9.47 Å². The van der Waals surface area contributed by atoms with E-state index in [1.54, 1.807) is 0 Å². The predicted molar refractivity (Wildman–Crippen MR) is 136 cm³/mol. The van der Waals surface area contributed by atoms with E-state index in [1.165, 1.54) is 12.8 Å². The first-order chi connectivity index (χ1) is 15.2. The molecule has 2 heterocycles. The summed E-state index contributed by atoms with van der Waals surface area (Å²) in [5.41, 5.74) is 1.15. The van der Waals surface area contributed by atoms with Crippen molar-refractivity contribution in [3.05, 3.63) is 29.8 Å². The predicted octanol–water partition coefficient (Wildman–Crippen LogP) is 1.65. The van der Waals surface area contributed by atoms with E-state index in [9.17, 15) is 4.79 Å². The normalized spacial score (nSPS) is 20.0. The van der Waals surface area contributed by atoms with Gasteiger partial charge in [0.15, 0.2) is 5.96 Å². The Morgan fingerprint density at radius 1 is 1.09 bits per heavy atom. The van der Waals surface area contributed by atoms with Crippen molar-refractivity contribution >= 4 is 35.8 Å². The lowest BCUT2D eigenvalue weighted by Gasteiger charge is -2.37. The Morgan fingerprint density at radius 3 is 2.50 bits per heavy atom. The molecule has 1 aliphatic carbocycles. The van der Waals surface area contributed by atoms with Crippen LogP contribution in [0.15, 0.2) is 29.3 Å². The van der Waals surface area contributed by atoms with Crippen molar-refractivity contribution in [2.75, 3.05) is 72.7 Å². The number of hydrogen-bond donors (Lipinski definition) is 1. The van der Waals surface area contributed by atoms with Crippen LogP contribution in [0.1, 0.15) is 18.4 Å². The summed E-state index contributed by atoms with van der Waals surface area (Å²) < 4.78 is 11.4. The lowest BCUT2D eigenvalue weighted by Crippen LogP contribution is -2.54. The van der Waals surface area contributed by atoms with Gasteiger partial charge in [0, 0.05) is 58.4 Å². The van der Waals surface area contributed by atoms with Crippen molar-refractivity contribution in [2.45, 2.75) is 19.4 Å². The Hall–Kier alpha value is -1.59. The molecule has 0 unspecified atom stereocenters. The van der Waals surface area contributed by atoms with Gasteiger partial charge in [-0.05, 0) is 24.8 Å². The van der Waals surface area contributed by atoms with Crippen LogP contribution < -0.4 is 10.1 Å². The summed E-state index contributed by atoms with van der Waals surface area (Å²) in [4.78, 5) is 23.4. The number of para-hydroxylation sites is 1. The number of hydrogen-bond acceptors (Lipinski definition) is 5. The van der Waals surface area contributed by atoms with Crippen molar-refractivity contribution in [2.24, 2.45) is 10.9 Å². The van der Waals surface area contributed by atoms with Crippen molar-refractivity contribution in [3.8, 4) is 5.75 Å². The van der Waals surface area contributed by atoms with E-state index >= 15 is 0 Å². The number of nitrogens with one attached hydrogen (secondary N) is 1. The van der Waals surface area contributed by atoms with Gasteiger partial charge in [0.25, 0.3) is 0 Å². The van der Waals surface area contributed by atoms with Crippen LogP contribution in [-0.2, 0) is 16.1 Å². The smallest absolute Gasteiger partial charge is 0.236 e. The molecule has 0 aromatic heterocycles. The molecular formula is C23H36IN5O3. The number of halogens is 1. The summed E-state index contributed by atoms with van der Waals surface area (Å²) in [6, 6.07) is 8.23. The third-order valence-electron chi connectivity index (χ3n) is 6.19. The molecule has 0 radical (unpaired) electrons. The fourth-order valence-electron chi connectivity index (χ4n) is 4.01. The molecule has 4 rings (SSSR count). The van der Waals surface area contributed by atoms with Gasteiger partial charge in [0.05, 0.1) is 26.4 Å². The van der Waals surface area contributed by atoms with Crippen LogP contribution >= 0.6 is 24.0 Å². The molecular weight excluding hydrogens is 521 g/mol. The molecule has 0 bridgehead atoms. The van der Waals surface area contributed by atoms with E-state index in [1.807, 2.05) is 30.1 Å². The zero-order valence-electron chi connectivity index (χ0n) is 19.0. The number of morpholine rings is 1. The van der Waals surface area contributed by atoms with E-state index in [0.29, 0.717) is 39.4 Å². The lowest BCUT2D eigenvalue weighted by molar-refractivity contribution is -0.136. The largest absolute Gasteiger partial charge is 0.493 e. The third kappa shape index (κ3) is 7.21. The highest BCUT2D eigenvalue weighted by Crippen LogP contribution is 2.30. The summed E-state index contributed by atoms with van der Waals surface area (Å²) in [5.74, 6) is 2.81. The maximum Gasteiger partial charge on any atom is 0.236 e. The van der Waals surface area contributed by atoms with E-state index in [-0.39, 0.29) is 29.9 Å². The molecule has 1 N–H and O–H groups in total. The Balaban J connectivity index is 0.00000289. The standard InChI is InChI=1S/C23H35N5O3.HI/c1-24-23(25-16-20-4-2-3-5-21(20)31-18-19-6-7-19)28-10-8-26(9-11-28)17-22(29)27-12-14-30-15-13-27;/h2-5,19H,6-18H2,1H3,(H,24,25);1H. The lowest BCUT2D eigenvalue weighted by atomic mass is 10.2.